The van der Waals surface area contributed by atoms with Gasteiger partial charge in [0.1, 0.15) is 0 Å². The quantitative estimate of drug-likeness (QED) is 0.667. The van der Waals surface area contributed by atoms with Crippen LogP contribution in [0, 0.1) is 11.8 Å². The normalized spacial score (nSPS) is 35.8. The van der Waals surface area contributed by atoms with Gasteiger partial charge in [-0.25, -0.2) is 0 Å². The monoisotopic (exact) mass is 223 g/mol. The molecule has 0 aromatic carbocycles. The zero-order chi connectivity index (χ0) is 11.8. The molecule has 0 radical (unpaired) electrons. The van der Waals surface area contributed by atoms with Gasteiger partial charge in [-0.3, -0.25) is 4.90 Å². The first-order valence-electron chi connectivity index (χ1n) is 6.57. The first-order valence-corrected chi connectivity index (χ1v) is 6.57. The molecule has 0 aromatic heterocycles. The van der Waals surface area contributed by atoms with Crippen LogP contribution in [0.3, 0.4) is 0 Å². The number of hydrogen-bond donors (Lipinski definition) is 0. The summed E-state index contributed by atoms with van der Waals surface area (Å²) in [6.07, 6.45) is 5.82. The van der Waals surface area contributed by atoms with E-state index >= 15 is 0 Å². The van der Waals surface area contributed by atoms with Crippen LogP contribution in [-0.2, 0) is 4.74 Å². The lowest BCUT2D eigenvalue weighted by Gasteiger charge is -2.48. The van der Waals surface area contributed by atoms with Crippen LogP contribution in [0.1, 0.15) is 34.1 Å². The van der Waals surface area contributed by atoms with E-state index in [2.05, 4.69) is 44.7 Å². The van der Waals surface area contributed by atoms with E-state index in [1.165, 1.54) is 0 Å². The summed E-state index contributed by atoms with van der Waals surface area (Å²) < 4.78 is 5.82. The lowest BCUT2D eigenvalue weighted by Crippen LogP contribution is -2.58. The van der Waals surface area contributed by atoms with Crippen molar-refractivity contribution < 1.29 is 4.74 Å². The molecule has 0 amide bonds. The number of nitrogens with zero attached hydrogens (tertiary/aromatic N) is 1. The van der Waals surface area contributed by atoms with E-state index in [9.17, 15) is 0 Å². The van der Waals surface area contributed by atoms with E-state index < -0.39 is 0 Å². The first-order chi connectivity index (χ1) is 7.58. The average molecular weight is 223 g/mol. The van der Waals surface area contributed by atoms with Crippen molar-refractivity contribution >= 4 is 0 Å². The van der Waals surface area contributed by atoms with Crippen LogP contribution in [0.15, 0.2) is 12.2 Å². The molecular formula is C14H25NO. The van der Waals surface area contributed by atoms with Gasteiger partial charge in [0.25, 0.3) is 0 Å². The van der Waals surface area contributed by atoms with Crippen LogP contribution >= 0.6 is 0 Å². The van der Waals surface area contributed by atoms with Crippen molar-refractivity contribution in [2.24, 2.45) is 11.8 Å². The Labute approximate surface area is 99.7 Å². The summed E-state index contributed by atoms with van der Waals surface area (Å²) in [6.45, 7) is 12.2. The Morgan fingerprint density at radius 3 is 2.62 bits per heavy atom. The maximum atomic E-state index is 5.82. The van der Waals surface area contributed by atoms with Gasteiger partial charge in [0.2, 0.25) is 0 Å². The second kappa shape index (κ2) is 4.50. The molecule has 2 heteroatoms. The van der Waals surface area contributed by atoms with E-state index in [0.717, 1.165) is 26.2 Å². The molecule has 0 aromatic rings. The van der Waals surface area contributed by atoms with Gasteiger partial charge in [0.05, 0.1) is 18.8 Å². The standard InChI is InChI=1S/C14H25NO/c1-11(2)13-9-16-10-14(13)7-5-6-8-15(14)12(3)4/h5-6,11-13H,7-10H2,1-4H3/t13-,14-/m1/s1. The first kappa shape index (κ1) is 12.1. The highest BCUT2D eigenvalue weighted by molar-refractivity contribution is 5.11. The Morgan fingerprint density at radius 2 is 2.00 bits per heavy atom. The molecule has 1 spiro atoms. The highest BCUT2D eigenvalue weighted by Crippen LogP contribution is 2.41. The smallest absolute Gasteiger partial charge is 0.0657 e. The lowest BCUT2D eigenvalue weighted by atomic mass is 9.74. The molecule has 0 unspecified atom stereocenters. The number of ether oxygens (including phenoxy) is 1. The molecule has 0 saturated carbocycles. The fourth-order valence-corrected chi connectivity index (χ4v) is 3.44. The Morgan fingerprint density at radius 1 is 1.25 bits per heavy atom. The zero-order valence-electron chi connectivity index (χ0n) is 11.1. The predicted molar refractivity (Wildman–Crippen MR) is 67.5 cm³/mol. The molecule has 1 saturated heterocycles. The van der Waals surface area contributed by atoms with Gasteiger partial charge in [-0.05, 0) is 26.2 Å². The minimum Gasteiger partial charge on any atom is -0.379 e. The number of rotatable bonds is 2. The van der Waals surface area contributed by atoms with Gasteiger partial charge in [-0.1, -0.05) is 26.0 Å². The van der Waals surface area contributed by atoms with E-state index in [1.807, 2.05) is 0 Å². The maximum Gasteiger partial charge on any atom is 0.0657 e. The second-order valence-electron chi connectivity index (χ2n) is 5.89. The van der Waals surface area contributed by atoms with Crippen molar-refractivity contribution in [2.45, 2.75) is 45.7 Å². The molecule has 16 heavy (non-hydrogen) atoms. The van der Waals surface area contributed by atoms with Crippen LogP contribution < -0.4 is 0 Å². The molecule has 1 fully saturated rings. The summed E-state index contributed by atoms with van der Waals surface area (Å²) in [7, 11) is 0. The minimum atomic E-state index is 0.275. The molecule has 0 N–H and O–H groups in total. The zero-order valence-corrected chi connectivity index (χ0v) is 11.1. The second-order valence-corrected chi connectivity index (χ2v) is 5.89. The van der Waals surface area contributed by atoms with Crippen molar-refractivity contribution in [3.05, 3.63) is 12.2 Å². The molecule has 2 heterocycles. The molecule has 2 rings (SSSR count). The van der Waals surface area contributed by atoms with Crippen LogP contribution in [0.4, 0.5) is 0 Å². The van der Waals surface area contributed by atoms with Crippen molar-refractivity contribution in [1.29, 1.82) is 0 Å². The third-order valence-electron chi connectivity index (χ3n) is 4.28. The Kier molecular flexibility index (Phi) is 3.41. The van der Waals surface area contributed by atoms with Crippen LogP contribution in [0.2, 0.25) is 0 Å². The van der Waals surface area contributed by atoms with E-state index in [1.54, 1.807) is 0 Å². The topological polar surface area (TPSA) is 12.5 Å². The molecule has 0 aliphatic carbocycles. The molecule has 2 nitrogen and oxygen atoms in total. The third kappa shape index (κ3) is 1.82. The van der Waals surface area contributed by atoms with Gasteiger partial charge >= 0.3 is 0 Å². The summed E-state index contributed by atoms with van der Waals surface area (Å²) >= 11 is 0. The van der Waals surface area contributed by atoms with Crippen LogP contribution in [0.5, 0.6) is 0 Å². The molecule has 0 bridgehead atoms. The van der Waals surface area contributed by atoms with Crippen molar-refractivity contribution in [2.75, 3.05) is 19.8 Å². The van der Waals surface area contributed by atoms with Gasteiger partial charge in [0, 0.05) is 18.5 Å². The van der Waals surface area contributed by atoms with E-state index in [0.29, 0.717) is 17.9 Å². The minimum absolute atomic E-state index is 0.275. The Hall–Kier alpha value is -0.340. The van der Waals surface area contributed by atoms with Crippen LogP contribution in [0.25, 0.3) is 0 Å². The Bertz CT molecular complexity index is 272. The van der Waals surface area contributed by atoms with Gasteiger partial charge in [-0.2, -0.15) is 0 Å². The lowest BCUT2D eigenvalue weighted by molar-refractivity contribution is 0.0161. The Balaban J connectivity index is 2.29. The molecule has 92 valence electrons. The summed E-state index contributed by atoms with van der Waals surface area (Å²) in [4.78, 5) is 2.64. The largest absolute Gasteiger partial charge is 0.379 e. The summed E-state index contributed by atoms with van der Waals surface area (Å²) in [5.74, 6) is 1.38. The van der Waals surface area contributed by atoms with Gasteiger partial charge in [0.15, 0.2) is 0 Å². The highest BCUT2D eigenvalue weighted by atomic mass is 16.5. The third-order valence-corrected chi connectivity index (χ3v) is 4.28. The highest BCUT2D eigenvalue weighted by Gasteiger charge is 2.49. The van der Waals surface area contributed by atoms with Crippen LogP contribution in [-0.4, -0.2) is 36.2 Å². The summed E-state index contributed by atoms with van der Waals surface area (Å²) in [5, 5.41) is 0. The fourth-order valence-electron chi connectivity index (χ4n) is 3.44. The molecule has 2 aliphatic heterocycles. The van der Waals surface area contributed by atoms with E-state index in [4.69, 9.17) is 4.74 Å². The SMILES string of the molecule is CC(C)[C@H]1COC[C@]12CC=CCN2C(C)C. The van der Waals surface area contributed by atoms with Crippen molar-refractivity contribution in [3.8, 4) is 0 Å². The van der Waals surface area contributed by atoms with Crippen molar-refractivity contribution in [3.63, 3.8) is 0 Å². The van der Waals surface area contributed by atoms with Crippen molar-refractivity contribution in [1.82, 2.24) is 4.90 Å². The summed E-state index contributed by atoms with van der Waals surface area (Å²) in [5.41, 5.74) is 0.275. The summed E-state index contributed by atoms with van der Waals surface area (Å²) in [6, 6.07) is 0.605. The molecular weight excluding hydrogens is 198 g/mol. The fraction of sp³-hybridized carbons (Fsp3) is 0.857. The molecule has 2 atom stereocenters. The molecule has 2 aliphatic rings. The van der Waals surface area contributed by atoms with E-state index in [-0.39, 0.29) is 5.54 Å². The van der Waals surface area contributed by atoms with Gasteiger partial charge in [-0.15, -0.1) is 0 Å². The van der Waals surface area contributed by atoms with Gasteiger partial charge < -0.3 is 4.74 Å². The maximum absolute atomic E-state index is 5.82. The number of hydrogen-bond acceptors (Lipinski definition) is 2. The predicted octanol–water partition coefficient (Wildman–Crippen LogP) is 2.70. The average Bonchev–Trinajstić information content (AvgIpc) is 2.62.